The second kappa shape index (κ2) is 4.39. The van der Waals surface area contributed by atoms with E-state index in [0.717, 1.165) is 44.6 Å². The maximum atomic E-state index is 12.4. The maximum Gasteiger partial charge on any atom is 0.236 e. The molecule has 3 nitrogen and oxygen atoms in total. The molecular formula is C15H20N2O. The first-order valence-electron chi connectivity index (χ1n) is 6.89. The molecule has 96 valence electrons. The lowest BCUT2D eigenvalue weighted by atomic mass is 9.75. The van der Waals surface area contributed by atoms with E-state index in [1.165, 1.54) is 5.56 Å². The zero-order valence-corrected chi connectivity index (χ0v) is 10.9. The van der Waals surface area contributed by atoms with Gasteiger partial charge in [0.2, 0.25) is 5.91 Å². The van der Waals surface area contributed by atoms with Gasteiger partial charge in [0.25, 0.3) is 0 Å². The van der Waals surface area contributed by atoms with Crippen LogP contribution in [0.1, 0.15) is 31.7 Å². The van der Waals surface area contributed by atoms with E-state index in [9.17, 15) is 4.79 Å². The second-order valence-corrected chi connectivity index (χ2v) is 5.46. The molecule has 0 saturated carbocycles. The highest BCUT2D eigenvalue weighted by Gasteiger charge is 2.48. The van der Waals surface area contributed by atoms with E-state index in [1.807, 2.05) is 18.2 Å². The Balaban J connectivity index is 1.96. The summed E-state index contributed by atoms with van der Waals surface area (Å²) in [5.74, 6) is 0.199. The van der Waals surface area contributed by atoms with Crippen molar-refractivity contribution < 1.29 is 4.79 Å². The van der Waals surface area contributed by atoms with E-state index in [2.05, 4.69) is 23.2 Å². The molecule has 1 aromatic carbocycles. The van der Waals surface area contributed by atoms with E-state index >= 15 is 0 Å². The summed E-state index contributed by atoms with van der Waals surface area (Å²) >= 11 is 0. The van der Waals surface area contributed by atoms with Gasteiger partial charge >= 0.3 is 0 Å². The normalized spacial score (nSPS) is 27.3. The zero-order valence-electron chi connectivity index (χ0n) is 10.9. The molecule has 0 aliphatic carbocycles. The number of piperidine rings is 1. The Morgan fingerprint density at radius 2 is 2.22 bits per heavy atom. The van der Waals surface area contributed by atoms with Gasteiger partial charge in [-0.1, -0.05) is 25.1 Å². The summed E-state index contributed by atoms with van der Waals surface area (Å²) in [7, 11) is 0. The molecule has 0 unspecified atom stereocenters. The molecule has 2 aliphatic rings. The first kappa shape index (κ1) is 11.7. The number of rotatable bonds is 2. The topological polar surface area (TPSA) is 32.3 Å². The van der Waals surface area contributed by atoms with Crippen LogP contribution >= 0.6 is 0 Å². The molecule has 0 bridgehead atoms. The number of amides is 1. The highest BCUT2D eigenvalue weighted by Crippen LogP contribution is 2.43. The second-order valence-electron chi connectivity index (χ2n) is 5.46. The van der Waals surface area contributed by atoms with Crippen molar-refractivity contribution >= 4 is 11.6 Å². The molecule has 1 N–H and O–H groups in total. The molecule has 1 atom stereocenters. The third-order valence-corrected chi connectivity index (χ3v) is 4.24. The summed E-state index contributed by atoms with van der Waals surface area (Å²) in [4.78, 5) is 14.9. The maximum absolute atomic E-state index is 12.4. The molecule has 2 aliphatic heterocycles. The summed E-state index contributed by atoms with van der Waals surface area (Å²) in [6.07, 6.45) is 3.25. The van der Waals surface area contributed by atoms with Crippen LogP contribution in [-0.2, 0) is 10.2 Å². The van der Waals surface area contributed by atoms with Crippen LogP contribution in [0.3, 0.4) is 0 Å². The highest BCUT2D eigenvalue weighted by molar-refractivity contribution is 6.06. The smallest absolute Gasteiger partial charge is 0.236 e. The summed E-state index contributed by atoms with van der Waals surface area (Å²) < 4.78 is 0. The summed E-state index contributed by atoms with van der Waals surface area (Å²) in [6.45, 7) is 5.30. The third kappa shape index (κ3) is 1.65. The Labute approximate surface area is 108 Å². The lowest BCUT2D eigenvalue weighted by molar-refractivity contribution is -0.122. The van der Waals surface area contributed by atoms with Gasteiger partial charge in [-0.2, -0.15) is 0 Å². The number of carbonyl (C=O) groups is 1. The minimum absolute atomic E-state index is 0.199. The number of benzene rings is 1. The molecule has 0 radical (unpaired) electrons. The minimum atomic E-state index is -0.288. The summed E-state index contributed by atoms with van der Waals surface area (Å²) in [6, 6.07) is 8.16. The number of hydrogen-bond donors (Lipinski definition) is 1. The number of para-hydroxylation sites is 1. The standard InChI is InChI=1S/C15H20N2O/c1-2-9-17-10-5-8-15(11-17)12-6-3-4-7-13(12)16-14(15)18/h3-4,6-7H,2,5,8-11H2,1H3,(H,16,18)/t15-/m1/s1. The molecule has 3 rings (SSSR count). The molecule has 3 heteroatoms. The van der Waals surface area contributed by atoms with E-state index in [4.69, 9.17) is 0 Å². The Bertz CT molecular complexity index is 469. The Morgan fingerprint density at radius 3 is 3.06 bits per heavy atom. The predicted octanol–water partition coefficient (Wildman–Crippen LogP) is 2.38. The number of hydrogen-bond acceptors (Lipinski definition) is 2. The Hall–Kier alpha value is -1.35. The van der Waals surface area contributed by atoms with Gasteiger partial charge in [-0.25, -0.2) is 0 Å². The van der Waals surface area contributed by atoms with Gasteiger partial charge in [0, 0.05) is 12.2 Å². The van der Waals surface area contributed by atoms with Crippen LogP contribution in [-0.4, -0.2) is 30.4 Å². The molecule has 1 saturated heterocycles. The van der Waals surface area contributed by atoms with Crippen LogP contribution in [0.15, 0.2) is 24.3 Å². The molecule has 1 fully saturated rings. The number of anilines is 1. The number of nitrogens with zero attached hydrogens (tertiary/aromatic N) is 1. The van der Waals surface area contributed by atoms with Gasteiger partial charge in [-0.15, -0.1) is 0 Å². The molecular weight excluding hydrogens is 224 g/mol. The lowest BCUT2D eigenvalue weighted by Gasteiger charge is -2.39. The lowest BCUT2D eigenvalue weighted by Crippen LogP contribution is -2.50. The van der Waals surface area contributed by atoms with E-state index < -0.39 is 0 Å². The SMILES string of the molecule is CCCN1CCC[C@]2(C1)C(=O)Nc1ccccc12. The number of fused-ring (bicyclic) bond motifs is 2. The van der Waals surface area contributed by atoms with E-state index in [-0.39, 0.29) is 11.3 Å². The van der Waals surface area contributed by atoms with Crippen LogP contribution in [0.25, 0.3) is 0 Å². The van der Waals surface area contributed by atoms with Crippen molar-refractivity contribution in [3.05, 3.63) is 29.8 Å². The number of carbonyl (C=O) groups excluding carboxylic acids is 1. The first-order valence-corrected chi connectivity index (χ1v) is 6.89. The molecule has 1 spiro atoms. The monoisotopic (exact) mass is 244 g/mol. The van der Waals surface area contributed by atoms with Crippen LogP contribution in [0, 0.1) is 0 Å². The van der Waals surface area contributed by atoms with E-state index in [1.54, 1.807) is 0 Å². The fourth-order valence-corrected chi connectivity index (χ4v) is 3.43. The average molecular weight is 244 g/mol. The quantitative estimate of drug-likeness (QED) is 0.866. The van der Waals surface area contributed by atoms with Crippen molar-refractivity contribution in [1.29, 1.82) is 0 Å². The van der Waals surface area contributed by atoms with Gasteiger partial charge < -0.3 is 10.2 Å². The van der Waals surface area contributed by atoms with Crippen LogP contribution in [0.2, 0.25) is 0 Å². The number of nitrogens with one attached hydrogen (secondary N) is 1. The molecule has 2 heterocycles. The molecule has 1 aromatic rings. The molecule has 18 heavy (non-hydrogen) atoms. The van der Waals surface area contributed by atoms with Crippen molar-refractivity contribution in [1.82, 2.24) is 4.90 Å². The summed E-state index contributed by atoms with van der Waals surface area (Å²) in [5.41, 5.74) is 1.93. The van der Waals surface area contributed by atoms with Gasteiger partial charge in [0.05, 0.1) is 5.41 Å². The Morgan fingerprint density at radius 1 is 1.39 bits per heavy atom. The first-order chi connectivity index (χ1) is 8.76. The predicted molar refractivity (Wildman–Crippen MR) is 72.7 cm³/mol. The van der Waals surface area contributed by atoms with Crippen molar-refractivity contribution in [2.75, 3.05) is 25.0 Å². The number of likely N-dealkylation sites (tertiary alicyclic amines) is 1. The summed E-state index contributed by atoms with van der Waals surface area (Å²) in [5, 5.41) is 3.05. The fourth-order valence-electron chi connectivity index (χ4n) is 3.43. The third-order valence-electron chi connectivity index (χ3n) is 4.24. The van der Waals surface area contributed by atoms with Crippen LogP contribution in [0.4, 0.5) is 5.69 Å². The fraction of sp³-hybridized carbons (Fsp3) is 0.533. The van der Waals surface area contributed by atoms with E-state index in [0.29, 0.717) is 0 Å². The van der Waals surface area contributed by atoms with Gasteiger partial charge in [0.15, 0.2) is 0 Å². The van der Waals surface area contributed by atoms with Gasteiger partial charge in [0.1, 0.15) is 0 Å². The van der Waals surface area contributed by atoms with Gasteiger partial charge in [-0.3, -0.25) is 4.79 Å². The Kier molecular flexibility index (Phi) is 2.86. The average Bonchev–Trinajstić information content (AvgIpc) is 2.64. The zero-order chi connectivity index (χ0) is 12.6. The van der Waals surface area contributed by atoms with Crippen molar-refractivity contribution in [3.63, 3.8) is 0 Å². The van der Waals surface area contributed by atoms with Crippen LogP contribution in [0.5, 0.6) is 0 Å². The van der Waals surface area contributed by atoms with Crippen LogP contribution < -0.4 is 5.32 Å². The van der Waals surface area contributed by atoms with Crippen molar-refractivity contribution in [3.8, 4) is 0 Å². The van der Waals surface area contributed by atoms with Crippen molar-refractivity contribution in [2.45, 2.75) is 31.6 Å². The minimum Gasteiger partial charge on any atom is -0.325 e. The largest absolute Gasteiger partial charge is 0.325 e. The molecule has 1 amide bonds. The van der Waals surface area contributed by atoms with Gasteiger partial charge in [-0.05, 0) is 44.0 Å². The highest BCUT2D eigenvalue weighted by atomic mass is 16.2. The molecule has 0 aromatic heterocycles. The van der Waals surface area contributed by atoms with Crippen molar-refractivity contribution in [2.24, 2.45) is 0 Å².